The fourth-order valence-electron chi connectivity index (χ4n) is 1.86. The van der Waals surface area contributed by atoms with Gasteiger partial charge in [-0.05, 0) is 46.5 Å². The van der Waals surface area contributed by atoms with Crippen LogP contribution in [0.25, 0.3) is 0 Å². The Morgan fingerprint density at radius 3 is 2.76 bits per heavy atom. The maximum atomic E-state index is 11.8. The lowest BCUT2D eigenvalue weighted by atomic mass is 9.96. The summed E-state index contributed by atoms with van der Waals surface area (Å²) in [5, 5.41) is 2.98. The largest absolute Gasteiger partial charge is 0.378 e. The summed E-state index contributed by atoms with van der Waals surface area (Å²) in [5.74, 6) is 0.0708. The summed E-state index contributed by atoms with van der Waals surface area (Å²) in [4.78, 5) is 11.8. The van der Waals surface area contributed by atoms with Gasteiger partial charge < -0.3 is 15.8 Å². The van der Waals surface area contributed by atoms with E-state index in [-0.39, 0.29) is 23.6 Å². The van der Waals surface area contributed by atoms with Crippen LogP contribution in [0, 0.1) is 0 Å². The minimum absolute atomic E-state index is 0.0580. The van der Waals surface area contributed by atoms with Crippen LogP contribution in [0.3, 0.4) is 0 Å². The summed E-state index contributed by atoms with van der Waals surface area (Å²) < 4.78 is 5.60. The molecule has 0 aromatic rings. The molecule has 1 rings (SSSR count). The van der Waals surface area contributed by atoms with Gasteiger partial charge in [0.05, 0.1) is 6.10 Å². The van der Waals surface area contributed by atoms with Gasteiger partial charge in [-0.3, -0.25) is 4.79 Å². The average Bonchev–Trinajstić information content (AvgIpc) is 2.27. The molecule has 3 N–H and O–H groups in total. The molecule has 0 aromatic carbocycles. The first kappa shape index (κ1) is 14.5. The third kappa shape index (κ3) is 5.04. The van der Waals surface area contributed by atoms with Crippen LogP contribution in [0.5, 0.6) is 0 Å². The number of nitrogens with two attached hydrogens (primary N) is 1. The molecule has 2 unspecified atom stereocenters. The Labute approximate surface area is 104 Å². The second kappa shape index (κ2) is 6.36. The molecule has 4 heteroatoms. The lowest BCUT2D eigenvalue weighted by molar-refractivity contribution is -0.123. The molecule has 17 heavy (non-hydrogen) atoms. The van der Waals surface area contributed by atoms with Crippen molar-refractivity contribution in [2.24, 2.45) is 5.73 Å². The molecule has 0 saturated carbocycles. The van der Waals surface area contributed by atoms with E-state index in [1.165, 1.54) is 6.42 Å². The van der Waals surface area contributed by atoms with Gasteiger partial charge in [0.1, 0.15) is 0 Å². The molecule has 1 aliphatic rings. The van der Waals surface area contributed by atoms with Crippen LogP contribution >= 0.6 is 0 Å². The zero-order chi connectivity index (χ0) is 12.9. The number of hydrogen-bond acceptors (Lipinski definition) is 3. The van der Waals surface area contributed by atoms with Gasteiger partial charge in [0.25, 0.3) is 0 Å². The molecule has 2 atom stereocenters. The van der Waals surface area contributed by atoms with Gasteiger partial charge in [-0.15, -0.1) is 0 Å². The van der Waals surface area contributed by atoms with Gasteiger partial charge >= 0.3 is 0 Å². The van der Waals surface area contributed by atoms with Crippen molar-refractivity contribution in [3.05, 3.63) is 0 Å². The van der Waals surface area contributed by atoms with Crippen molar-refractivity contribution < 1.29 is 9.53 Å². The maximum absolute atomic E-state index is 11.8. The summed E-state index contributed by atoms with van der Waals surface area (Å²) in [6.45, 7) is 6.65. The fraction of sp³-hybridized carbons (Fsp3) is 0.923. The highest BCUT2D eigenvalue weighted by atomic mass is 16.5. The van der Waals surface area contributed by atoms with Gasteiger partial charge in [-0.25, -0.2) is 0 Å². The van der Waals surface area contributed by atoms with Gasteiger partial charge in [-0.1, -0.05) is 0 Å². The highest BCUT2D eigenvalue weighted by Gasteiger charge is 2.25. The Morgan fingerprint density at radius 2 is 2.24 bits per heavy atom. The smallest absolute Gasteiger partial charge is 0.220 e. The zero-order valence-corrected chi connectivity index (χ0v) is 11.3. The molecular formula is C13H26N2O2. The van der Waals surface area contributed by atoms with Crippen molar-refractivity contribution in [3.8, 4) is 0 Å². The molecule has 0 spiro atoms. The molecule has 1 fully saturated rings. The van der Waals surface area contributed by atoms with Crippen molar-refractivity contribution in [2.45, 2.75) is 70.6 Å². The first-order valence-corrected chi connectivity index (χ1v) is 6.60. The molecule has 1 aliphatic heterocycles. The quantitative estimate of drug-likeness (QED) is 0.769. The van der Waals surface area contributed by atoms with Crippen LogP contribution < -0.4 is 11.1 Å². The van der Waals surface area contributed by atoms with E-state index in [9.17, 15) is 4.79 Å². The van der Waals surface area contributed by atoms with Crippen molar-refractivity contribution in [3.63, 3.8) is 0 Å². The van der Waals surface area contributed by atoms with E-state index in [0.29, 0.717) is 6.42 Å². The number of nitrogens with one attached hydrogen (secondary N) is 1. The number of hydrogen-bond donors (Lipinski definition) is 2. The monoisotopic (exact) mass is 242 g/mol. The molecule has 1 amide bonds. The van der Waals surface area contributed by atoms with Gasteiger partial charge in [0.2, 0.25) is 5.91 Å². The standard InChI is InChI=1S/C13H26N2O2/c1-10(14)13(2,3)15-12(16)8-7-11-6-4-5-9-17-11/h10-11H,4-9,14H2,1-3H3,(H,15,16). The summed E-state index contributed by atoms with van der Waals surface area (Å²) in [6.07, 6.45) is 5.08. The number of amides is 1. The number of ether oxygens (including phenoxy) is 1. The van der Waals surface area contributed by atoms with E-state index in [4.69, 9.17) is 10.5 Å². The molecule has 1 saturated heterocycles. The average molecular weight is 242 g/mol. The summed E-state index contributed by atoms with van der Waals surface area (Å²) in [6, 6.07) is -0.0580. The number of rotatable bonds is 5. The van der Waals surface area contributed by atoms with Crippen LogP contribution in [-0.4, -0.2) is 30.2 Å². The lowest BCUT2D eigenvalue weighted by Gasteiger charge is -2.30. The highest BCUT2D eigenvalue weighted by molar-refractivity contribution is 5.76. The number of carbonyl (C=O) groups is 1. The maximum Gasteiger partial charge on any atom is 0.220 e. The Bertz CT molecular complexity index is 246. The SMILES string of the molecule is CC(N)C(C)(C)NC(=O)CCC1CCCCO1. The fourth-order valence-corrected chi connectivity index (χ4v) is 1.86. The topological polar surface area (TPSA) is 64.3 Å². The summed E-state index contributed by atoms with van der Waals surface area (Å²) >= 11 is 0. The molecular weight excluding hydrogens is 216 g/mol. The Hall–Kier alpha value is -0.610. The van der Waals surface area contributed by atoms with E-state index in [1.807, 2.05) is 20.8 Å². The molecule has 1 heterocycles. The lowest BCUT2D eigenvalue weighted by Crippen LogP contribution is -2.54. The van der Waals surface area contributed by atoms with Crippen molar-refractivity contribution in [1.82, 2.24) is 5.32 Å². The molecule has 0 aliphatic carbocycles. The van der Waals surface area contributed by atoms with Gasteiger partial charge in [0.15, 0.2) is 0 Å². The molecule has 4 nitrogen and oxygen atoms in total. The van der Waals surface area contributed by atoms with Crippen LogP contribution in [0.2, 0.25) is 0 Å². The molecule has 0 aromatic heterocycles. The van der Waals surface area contributed by atoms with Gasteiger partial charge in [-0.2, -0.15) is 0 Å². The van der Waals surface area contributed by atoms with Gasteiger partial charge in [0, 0.05) is 24.6 Å². The zero-order valence-electron chi connectivity index (χ0n) is 11.3. The van der Waals surface area contributed by atoms with Crippen LogP contribution in [-0.2, 0) is 9.53 Å². The van der Waals surface area contributed by atoms with E-state index < -0.39 is 0 Å². The van der Waals surface area contributed by atoms with Crippen LogP contribution in [0.4, 0.5) is 0 Å². The van der Waals surface area contributed by atoms with Crippen molar-refractivity contribution in [1.29, 1.82) is 0 Å². The normalized spacial score (nSPS) is 23.2. The predicted octanol–water partition coefficient (Wildman–Crippen LogP) is 1.58. The molecule has 0 bridgehead atoms. The van der Waals surface area contributed by atoms with Crippen molar-refractivity contribution >= 4 is 5.91 Å². The van der Waals surface area contributed by atoms with E-state index in [0.717, 1.165) is 25.9 Å². The predicted molar refractivity (Wildman–Crippen MR) is 68.7 cm³/mol. The Balaban J connectivity index is 2.25. The number of carbonyl (C=O) groups excluding carboxylic acids is 1. The minimum Gasteiger partial charge on any atom is -0.378 e. The van der Waals surface area contributed by atoms with E-state index in [1.54, 1.807) is 0 Å². The summed E-state index contributed by atoms with van der Waals surface area (Å²) in [5.41, 5.74) is 5.48. The highest BCUT2D eigenvalue weighted by Crippen LogP contribution is 2.17. The second-order valence-corrected chi connectivity index (χ2v) is 5.59. The third-order valence-corrected chi connectivity index (χ3v) is 3.57. The molecule has 0 radical (unpaired) electrons. The van der Waals surface area contributed by atoms with Crippen molar-refractivity contribution in [2.75, 3.05) is 6.61 Å². The minimum atomic E-state index is -0.343. The Kier molecular flexibility index (Phi) is 5.40. The second-order valence-electron chi connectivity index (χ2n) is 5.59. The first-order valence-electron chi connectivity index (χ1n) is 6.60. The Morgan fingerprint density at radius 1 is 1.53 bits per heavy atom. The summed E-state index contributed by atoms with van der Waals surface area (Å²) in [7, 11) is 0. The van der Waals surface area contributed by atoms with E-state index in [2.05, 4.69) is 5.32 Å². The van der Waals surface area contributed by atoms with Crippen LogP contribution in [0.15, 0.2) is 0 Å². The third-order valence-electron chi connectivity index (χ3n) is 3.57. The van der Waals surface area contributed by atoms with E-state index >= 15 is 0 Å². The molecule has 100 valence electrons. The first-order chi connectivity index (χ1) is 7.92. The van der Waals surface area contributed by atoms with Crippen LogP contribution in [0.1, 0.15) is 52.9 Å².